The highest BCUT2D eigenvalue weighted by Crippen LogP contribution is 2.32. The molecule has 0 saturated carbocycles. The van der Waals surface area contributed by atoms with Crippen LogP contribution < -0.4 is 5.32 Å². The van der Waals surface area contributed by atoms with Gasteiger partial charge in [-0.05, 0) is 62.7 Å². The molecule has 0 aliphatic rings. The van der Waals surface area contributed by atoms with Crippen LogP contribution >= 0.6 is 15.9 Å². The Labute approximate surface area is 126 Å². The number of hydrogen-bond acceptors (Lipinski definition) is 3. The topological polar surface area (TPSA) is 58.6 Å². The fourth-order valence-corrected chi connectivity index (χ4v) is 1.91. The summed E-state index contributed by atoms with van der Waals surface area (Å²) in [5.41, 5.74) is -1.34. The first-order valence-electron chi connectivity index (χ1n) is 6.12. The van der Waals surface area contributed by atoms with E-state index >= 15 is 0 Å². The van der Waals surface area contributed by atoms with Gasteiger partial charge in [0.25, 0.3) is 0 Å². The Morgan fingerprint density at radius 1 is 1.30 bits per heavy atom. The SMILES string of the molecule is CC(C)(C)OC(=O)Nc1cc(F)c(Br)cc1C(C)(C)O. The summed E-state index contributed by atoms with van der Waals surface area (Å²) in [4.78, 5) is 11.8. The Bertz CT molecular complexity index is 518. The van der Waals surface area contributed by atoms with Crippen molar-refractivity contribution in [3.8, 4) is 0 Å². The van der Waals surface area contributed by atoms with Gasteiger partial charge in [0.15, 0.2) is 0 Å². The molecule has 0 heterocycles. The second kappa shape index (κ2) is 5.69. The quantitative estimate of drug-likeness (QED) is 0.844. The Kier molecular flexibility index (Phi) is 4.82. The summed E-state index contributed by atoms with van der Waals surface area (Å²) < 4.78 is 18.9. The van der Waals surface area contributed by atoms with E-state index in [0.717, 1.165) is 6.07 Å². The van der Waals surface area contributed by atoms with Gasteiger partial charge >= 0.3 is 6.09 Å². The standard InChI is InChI=1S/C14H19BrFNO3/c1-13(2,3)20-12(18)17-11-7-10(16)9(15)6-8(11)14(4,5)19/h6-7,19H,1-5H3,(H,17,18). The maximum absolute atomic E-state index is 13.6. The van der Waals surface area contributed by atoms with E-state index < -0.39 is 23.1 Å². The van der Waals surface area contributed by atoms with Gasteiger partial charge in [-0.1, -0.05) is 0 Å². The van der Waals surface area contributed by atoms with E-state index in [2.05, 4.69) is 21.2 Å². The average molecular weight is 348 g/mol. The van der Waals surface area contributed by atoms with Crippen molar-refractivity contribution in [1.82, 2.24) is 0 Å². The van der Waals surface area contributed by atoms with Gasteiger partial charge in [0, 0.05) is 5.56 Å². The van der Waals surface area contributed by atoms with E-state index in [1.807, 2.05) is 0 Å². The molecule has 20 heavy (non-hydrogen) atoms. The van der Waals surface area contributed by atoms with E-state index in [1.54, 1.807) is 34.6 Å². The molecule has 0 radical (unpaired) electrons. The average Bonchev–Trinajstić information content (AvgIpc) is 2.18. The number of carbonyl (C=O) groups excluding carboxylic acids is 1. The maximum atomic E-state index is 13.6. The molecule has 112 valence electrons. The van der Waals surface area contributed by atoms with Gasteiger partial charge in [-0.3, -0.25) is 5.32 Å². The molecule has 0 aliphatic carbocycles. The van der Waals surface area contributed by atoms with Gasteiger partial charge in [0.05, 0.1) is 15.8 Å². The fraction of sp³-hybridized carbons (Fsp3) is 0.500. The van der Waals surface area contributed by atoms with Crippen molar-refractivity contribution in [3.63, 3.8) is 0 Å². The Morgan fingerprint density at radius 2 is 1.85 bits per heavy atom. The van der Waals surface area contributed by atoms with Crippen LogP contribution in [0.2, 0.25) is 0 Å². The summed E-state index contributed by atoms with van der Waals surface area (Å²) in [6.45, 7) is 8.28. The van der Waals surface area contributed by atoms with Gasteiger partial charge < -0.3 is 9.84 Å². The molecule has 0 atom stereocenters. The molecule has 0 saturated heterocycles. The van der Waals surface area contributed by atoms with Crippen molar-refractivity contribution in [2.45, 2.75) is 45.8 Å². The zero-order valence-electron chi connectivity index (χ0n) is 12.2. The summed E-state index contributed by atoms with van der Waals surface area (Å²) in [6.07, 6.45) is -0.704. The Hall–Kier alpha value is -1.14. The van der Waals surface area contributed by atoms with Gasteiger partial charge in [0.2, 0.25) is 0 Å². The third kappa shape index (κ3) is 4.76. The van der Waals surface area contributed by atoms with Crippen LogP contribution in [-0.2, 0) is 10.3 Å². The second-order valence-corrected chi connectivity index (χ2v) is 6.85. The van der Waals surface area contributed by atoms with Crippen molar-refractivity contribution in [2.75, 3.05) is 5.32 Å². The van der Waals surface area contributed by atoms with Crippen LogP contribution in [-0.4, -0.2) is 16.8 Å². The van der Waals surface area contributed by atoms with Gasteiger partial charge in [-0.15, -0.1) is 0 Å². The van der Waals surface area contributed by atoms with Crippen LogP contribution in [0.5, 0.6) is 0 Å². The first-order valence-corrected chi connectivity index (χ1v) is 6.91. The molecule has 2 N–H and O–H groups in total. The minimum Gasteiger partial charge on any atom is -0.444 e. The van der Waals surface area contributed by atoms with Crippen LogP contribution in [0.25, 0.3) is 0 Å². The summed E-state index contributed by atoms with van der Waals surface area (Å²) in [5.74, 6) is -0.538. The van der Waals surface area contributed by atoms with Crippen molar-refractivity contribution >= 4 is 27.7 Å². The fourth-order valence-electron chi connectivity index (χ4n) is 1.57. The Morgan fingerprint density at radius 3 is 2.30 bits per heavy atom. The summed E-state index contributed by atoms with van der Waals surface area (Å²) >= 11 is 3.06. The molecule has 0 bridgehead atoms. The highest BCUT2D eigenvalue weighted by Gasteiger charge is 2.24. The number of carbonyl (C=O) groups is 1. The lowest BCUT2D eigenvalue weighted by Crippen LogP contribution is -2.28. The predicted octanol–water partition coefficient (Wildman–Crippen LogP) is 4.16. The number of amides is 1. The summed E-state index contributed by atoms with van der Waals surface area (Å²) in [7, 11) is 0. The van der Waals surface area contributed by atoms with Gasteiger partial charge in [0.1, 0.15) is 11.4 Å². The summed E-state index contributed by atoms with van der Waals surface area (Å²) in [5, 5.41) is 12.6. The van der Waals surface area contributed by atoms with E-state index in [1.165, 1.54) is 6.07 Å². The van der Waals surface area contributed by atoms with E-state index in [9.17, 15) is 14.3 Å². The molecule has 0 spiro atoms. The lowest BCUT2D eigenvalue weighted by Gasteiger charge is -2.24. The lowest BCUT2D eigenvalue weighted by molar-refractivity contribution is 0.0632. The Balaban J connectivity index is 3.11. The number of ether oxygens (including phenoxy) is 1. The minimum absolute atomic E-state index is 0.174. The molecule has 1 amide bonds. The lowest BCUT2D eigenvalue weighted by atomic mass is 9.96. The number of nitrogens with one attached hydrogen (secondary N) is 1. The molecule has 6 heteroatoms. The smallest absolute Gasteiger partial charge is 0.412 e. The number of halogens is 2. The van der Waals surface area contributed by atoms with Crippen molar-refractivity contribution in [2.24, 2.45) is 0 Å². The van der Waals surface area contributed by atoms with Crippen molar-refractivity contribution in [3.05, 3.63) is 28.0 Å². The third-order valence-electron chi connectivity index (χ3n) is 2.36. The number of benzene rings is 1. The van der Waals surface area contributed by atoms with Gasteiger partial charge in [-0.25, -0.2) is 9.18 Å². The largest absolute Gasteiger partial charge is 0.444 e. The van der Waals surface area contributed by atoms with E-state index in [0.29, 0.717) is 5.56 Å². The van der Waals surface area contributed by atoms with Crippen molar-refractivity contribution in [1.29, 1.82) is 0 Å². The molecule has 1 aromatic carbocycles. The summed E-state index contributed by atoms with van der Waals surface area (Å²) in [6, 6.07) is 2.57. The molecular formula is C14H19BrFNO3. The van der Waals surface area contributed by atoms with Crippen LogP contribution in [0.1, 0.15) is 40.2 Å². The molecule has 0 aromatic heterocycles. The third-order valence-corrected chi connectivity index (χ3v) is 2.96. The molecular weight excluding hydrogens is 329 g/mol. The molecule has 4 nitrogen and oxygen atoms in total. The van der Waals surface area contributed by atoms with Crippen molar-refractivity contribution < 1.29 is 19.0 Å². The van der Waals surface area contributed by atoms with Crippen LogP contribution in [0.3, 0.4) is 0 Å². The highest BCUT2D eigenvalue weighted by molar-refractivity contribution is 9.10. The number of aliphatic hydroxyl groups is 1. The second-order valence-electron chi connectivity index (χ2n) is 6.00. The monoisotopic (exact) mass is 347 g/mol. The maximum Gasteiger partial charge on any atom is 0.412 e. The van der Waals surface area contributed by atoms with Gasteiger partial charge in [-0.2, -0.15) is 0 Å². The highest BCUT2D eigenvalue weighted by atomic mass is 79.9. The molecule has 1 rings (SSSR count). The number of rotatable bonds is 2. The number of hydrogen-bond donors (Lipinski definition) is 2. The predicted molar refractivity (Wildman–Crippen MR) is 79.2 cm³/mol. The van der Waals surface area contributed by atoms with Crippen LogP contribution in [0.15, 0.2) is 16.6 Å². The zero-order chi connectivity index (χ0) is 15.7. The zero-order valence-corrected chi connectivity index (χ0v) is 13.8. The molecule has 0 unspecified atom stereocenters. The molecule has 1 aromatic rings. The minimum atomic E-state index is -1.24. The molecule has 0 aliphatic heterocycles. The first-order chi connectivity index (χ1) is 8.90. The van der Waals surface area contributed by atoms with Crippen LogP contribution in [0, 0.1) is 5.82 Å². The normalized spacial score (nSPS) is 12.2. The number of anilines is 1. The van der Waals surface area contributed by atoms with E-state index in [-0.39, 0.29) is 10.2 Å². The molecule has 0 fully saturated rings. The first kappa shape index (κ1) is 16.9. The van der Waals surface area contributed by atoms with Crippen LogP contribution in [0.4, 0.5) is 14.9 Å². The van der Waals surface area contributed by atoms with E-state index in [4.69, 9.17) is 4.74 Å².